The monoisotopic (exact) mass is 297 g/mol. The highest BCUT2D eigenvalue weighted by Crippen LogP contribution is 2.26. The number of rotatable bonds is 5. The quantitative estimate of drug-likeness (QED) is 0.776. The standard InChI is InChI=1S/C16H17N4O2/c1-19-10-11(13-9-12(22-2)3-4-15(13)19)5-7-20-8-6-14(18-20)16(17)21/h3-4,8-10H,5,7H2,1-2H3,(H2,17,21). The lowest BCUT2D eigenvalue weighted by molar-refractivity contribution is 0.0994. The Bertz CT molecular complexity index is 832. The lowest BCUT2D eigenvalue weighted by Gasteiger charge is -2.03. The van der Waals surface area contributed by atoms with Crippen LogP contribution in [0.25, 0.3) is 10.9 Å². The Hall–Kier alpha value is -2.76. The van der Waals surface area contributed by atoms with Crippen LogP contribution in [-0.4, -0.2) is 27.4 Å². The van der Waals surface area contributed by atoms with Crippen LogP contribution in [0.2, 0.25) is 0 Å². The van der Waals surface area contributed by atoms with E-state index in [2.05, 4.69) is 21.9 Å². The number of ether oxygens (including phenoxy) is 1. The zero-order chi connectivity index (χ0) is 15.7. The number of primary amides is 1. The highest BCUT2D eigenvalue weighted by Gasteiger charge is 2.09. The first-order valence-corrected chi connectivity index (χ1v) is 6.95. The third-order valence-corrected chi connectivity index (χ3v) is 3.70. The molecule has 2 heterocycles. The van der Waals surface area contributed by atoms with Gasteiger partial charge in [0, 0.05) is 43.0 Å². The minimum absolute atomic E-state index is 0.166. The van der Waals surface area contributed by atoms with Gasteiger partial charge in [-0.05, 0) is 30.2 Å². The average Bonchev–Trinajstić information content (AvgIpc) is 3.10. The van der Waals surface area contributed by atoms with E-state index in [0.29, 0.717) is 6.54 Å². The van der Waals surface area contributed by atoms with E-state index in [0.717, 1.165) is 23.1 Å². The predicted molar refractivity (Wildman–Crippen MR) is 82.8 cm³/mol. The molecule has 1 aromatic carbocycles. The van der Waals surface area contributed by atoms with Crippen molar-refractivity contribution in [2.45, 2.75) is 13.0 Å². The Labute approximate surface area is 128 Å². The number of nitrogens with zero attached hydrogens (tertiary/aromatic N) is 3. The van der Waals surface area contributed by atoms with E-state index in [1.165, 1.54) is 5.56 Å². The van der Waals surface area contributed by atoms with Crippen LogP contribution in [0.1, 0.15) is 16.1 Å². The molecule has 0 bridgehead atoms. The molecule has 2 N–H and O–H groups in total. The maximum atomic E-state index is 11.0. The summed E-state index contributed by atoms with van der Waals surface area (Å²) in [6.45, 7) is 0.653. The molecular weight excluding hydrogens is 280 g/mol. The van der Waals surface area contributed by atoms with Crippen molar-refractivity contribution in [3.8, 4) is 5.75 Å². The molecule has 0 unspecified atom stereocenters. The number of fused-ring (bicyclic) bond motifs is 1. The molecule has 1 amide bonds. The van der Waals surface area contributed by atoms with Gasteiger partial charge in [-0.25, -0.2) is 0 Å². The van der Waals surface area contributed by atoms with Crippen molar-refractivity contribution in [2.75, 3.05) is 7.11 Å². The van der Waals surface area contributed by atoms with Crippen molar-refractivity contribution in [2.24, 2.45) is 12.8 Å². The van der Waals surface area contributed by atoms with Gasteiger partial charge in [-0.15, -0.1) is 0 Å². The Balaban J connectivity index is 1.85. The van der Waals surface area contributed by atoms with Crippen LogP contribution in [0, 0.1) is 6.07 Å². The second-order valence-electron chi connectivity index (χ2n) is 5.15. The Kier molecular flexibility index (Phi) is 3.58. The summed E-state index contributed by atoms with van der Waals surface area (Å²) in [5.41, 5.74) is 7.70. The first-order chi connectivity index (χ1) is 10.6. The van der Waals surface area contributed by atoms with Crippen molar-refractivity contribution in [3.05, 3.63) is 47.9 Å². The smallest absolute Gasteiger partial charge is 0.269 e. The van der Waals surface area contributed by atoms with Gasteiger partial charge in [0.25, 0.3) is 5.91 Å². The molecule has 0 aliphatic heterocycles. The fourth-order valence-corrected chi connectivity index (χ4v) is 2.57. The highest BCUT2D eigenvalue weighted by atomic mass is 16.5. The van der Waals surface area contributed by atoms with Crippen LogP contribution in [0.4, 0.5) is 0 Å². The molecule has 6 heteroatoms. The van der Waals surface area contributed by atoms with Crippen LogP contribution in [0.15, 0.2) is 30.6 Å². The third kappa shape index (κ3) is 2.55. The largest absolute Gasteiger partial charge is 0.497 e. The zero-order valence-electron chi connectivity index (χ0n) is 12.5. The maximum Gasteiger partial charge on any atom is 0.269 e. The van der Waals surface area contributed by atoms with Gasteiger partial charge in [0.05, 0.1) is 7.11 Å². The summed E-state index contributed by atoms with van der Waals surface area (Å²) >= 11 is 0. The predicted octanol–water partition coefficient (Wildman–Crippen LogP) is 1.53. The number of aromatic nitrogens is 3. The average molecular weight is 297 g/mol. The molecule has 0 atom stereocenters. The fourth-order valence-electron chi connectivity index (χ4n) is 2.57. The van der Waals surface area contributed by atoms with Gasteiger partial charge in [-0.2, -0.15) is 5.10 Å². The van der Waals surface area contributed by atoms with E-state index in [1.54, 1.807) is 18.0 Å². The molecule has 3 rings (SSSR count). The molecule has 0 aliphatic rings. The summed E-state index contributed by atoms with van der Waals surface area (Å²) in [6.07, 6.45) is 4.54. The van der Waals surface area contributed by atoms with E-state index in [1.807, 2.05) is 25.2 Å². The van der Waals surface area contributed by atoms with Crippen LogP contribution in [-0.2, 0) is 20.0 Å². The first kappa shape index (κ1) is 14.2. The molecule has 113 valence electrons. The molecule has 3 aromatic rings. The molecule has 22 heavy (non-hydrogen) atoms. The van der Waals surface area contributed by atoms with Gasteiger partial charge in [-0.1, -0.05) is 0 Å². The number of carbonyl (C=O) groups excluding carboxylic acids is 1. The number of methoxy groups -OCH3 is 1. The van der Waals surface area contributed by atoms with E-state index in [-0.39, 0.29) is 5.69 Å². The van der Waals surface area contributed by atoms with Crippen LogP contribution >= 0.6 is 0 Å². The first-order valence-electron chi connectivity index (χ1n) is 6.95. The second kappa shape index (κ2) is 5.55. The number of benzene rings is 1. The SMILES string of the molecule is COc1ccc2c(c1)c(CCn1c[c]c(C(N)=O)n1)cn2C. The van der Waals surface area contributed by atoms with E-state index in [9.17, 15) is 4.79 Å². The van der Waals surface area contributed by atoms with Gasteiger partial charge >= 0.3 is 0 Å². The Morgan fingerprint density at radius 2 is 2.27 bits per heavy atom. The van der Waals surface area contributed by atoms with Crippen molar-refractivity contribution >= 4 is 16.8 Å². The minimum Gasteiger partial charge on any atom is -0.497 e. The summed E-state index contributed by atoms with van der Waals surface area (Å²) in [6, 6.07) is 8.79. The molecule has 0 fully saturated rings. The number of hydrogen-bond donors (Lipinski definition) is 1. The molecule has 2 aromatic heterocycles. The third-order valence-electron chi connectivity index (χ3n) is 3.70. The second-order valence-corrected chi connectivity index (χ2v) is 5.15. The molecule has 0 aliphatic carbocycles. The van der Waals surface area contributed by atoms with Crippen molar-refractivity contribution in [1.29, 1.82) is 0 Å². The zero-order valence-corrected chi connectivity index (χ0v) is 12.5. The van der Waals surface area contributed by atoms with Crippen molar-refractivity contribution in [1.82, 2.24) is 14.3 Å². The van der Waals surface area contributed by atoms with Crippen molar-refractivity contribution < 1.29 is 9.53 Å². The fraction of sp³-hybridized carbons (Fsp3) is 0.250. The lowest BCUT2D eigenvalue weighted by Crippen LogP contribution is -2.13. The van der Waals surface area contributed by atoms with Crippen molar-refractivity contribution in [3.63, 3.8) is 0 Å². The molecule has 6 nitrogen and oxygen atoms in total. The highest BCUT2D eigenvalue weighted by molar-refractivity contribution is 5.90. The van der Waals surface area contributed by atoms with Gasteiger partial charge in [-0.3, -0.25) is 9.48 Å². The summed E-state index contributed by atoms with van der Waals surface area (Å²) in [5, 5.41) is 5.26. The van der Waals surface area contributed by atoms with Crippen LogP contribution in [0.3, 0.4) is 0 Å². The van der Waals surface area contributed by atoms with Gasteiger partial charge in [0.2, 0.25) is 0 Å². The van der Waals surface area contributed by atoms with E-state index < -0.39 is 5.91 Å². The van der Waals surface area contributed by atoms with Gasteiger partial charge in [0.15, 0.2) is 5.69 Å². The topological polar surface area (TPSA) is 75.1 Å². The maximum absolute atomic E-state index is 11.0. The molecule has 1 radical (unpaired) electrons. The molecule has 0 saturated carbocycles. The number of carbonyl (C=O) groups is 1. The Morgan fingerprint density at radius 1 is 1.45 bits per heavy atom. The lowest BCUT2D eigenvalue weighted by atomic mass is 10.1. The molecule has 0 saturated heterocycles. The summed E-state index contributed by atoms with van der Waals surface area (Å²) < 4.78 is 9.07. The minimum atomic E-state index is -0.561. The summed E-state index contributed by atoms with van der Waals surface area (Å²) in [5.74, 6) is 0.275. The van der Waals surface area contributed by atoms with E-state index in [4.69, 9.17) is 10.5 Å². The van der Waals surface area contributed by atoms with Gasteiger partial charge < -0.3 is 15.0 Å². The van der Waals surface area contributed by atoms with E-state index >= 15 is 0 Å². The van der Waals surface area contributed by atoms with Crippen LogP contribution in [0.5, 0.6) is 5.75 Å². The normalized spacial score (nSPS) is 11.0. The molecular formula is C16H17N4O2. The summed E-state index contributed by atoms with van der Waals surface area (Å²) in [7, 11) is 3.68. The number of nitrogens with two attached hydrogens (primary N) is 1. The number of hydrogen-bond acceptors (Lipinski definition) is 3. The van der Waals surface area contributed by atoms with Gasteiger partial charge in [0.1, 0.15) is 5.75 Å². The number of amides is 1. The number of aryl methyl sites for hydroxylation is 3. The Morgan fingerprint density at radius 3 is 2.95 bits per heavy atom. The molecule has 0 spiro atoms. The van der Waals surface area contributed by atoms with Crippen LogP contribution < -0.4 is 10.5 Å². The summed E-state index contributed by atoms with van der Waals surface area (Å²) in [4.78, 5) is 11.0.